The summed E-state index contributed by atoms with van der Waals surface area (Å²) in [5, 5.41) is 26.8. The van der Waals surface area contributed by atoms with Crippen molar-refractivity contribution in [3.63, 3.8) is 0 Å². The molecule has 0 aliphatic carbocycles. The average molecular weight is 407 g/mol. The lowest BCUT2D eigenvalue weighted by molar-refractivity contribution is -0.384. The summed E-state index contributed by atoms with van der Waals surface area (Å²) in [6, 6.07) is 8.57. The molecule has 0 saturated heterocycles. The van der Waals surface area contributed by atoms with Crippen molar-refractivity contribution in [2.24, 2.45) is 0 Å². The van der Waals surface area contributed by atoms with Crippen LogP contribution in [-0.2, 0) is 6.73 Å². The van der Waals surface area contributed by atoms with Crippen LogP contribution in [0.5, 0.6) is 11.5 Å². The molecule has 11 heteroatoms. The first kappa shape index (κ1) is 19.1. The van der Waals surface area contributed by atoms with Gasteiger partial charge in [0, 0.05) is 18.3 Å². The summed E-state index contributed by atoms with van der Waals surface area (Å²) in [7, 11) is 0. The zero-order valence-electron chi connectivity index (χ0n) is 14.0. The third-order valence-corrected chi connectivity index (χ3v) is 3.86. The maximum Gasteiger partial charge on any atom is 0.276 e. The number of nitro benzene ring substituents is 1. The molecule has 2 N–H and O–H groups in total. The van der Waals surface area contributed by atoms with Crippen LogP contribution >= 0.6 is 11.6 Å². The van der Waals surface area contributed by atoms with Crippen molar-refractivity contribution in [3.05, 3.63) is 75.3 Å². The first-order valence-corrected chi connectivity index (χ1v) is 8.11. The van der Waals surface area contributed by atoms with E-state index in [0.717, 1.165) is 18.2 Å². The molecule has 0 atom stereocenters. The van der Waals surface area contributed by atoms with Crippen LogP contribution in [0.15, 0.2) is 48.7 Å². The third-order valence-electron chi connectivity index (χ3n) is 3.57. The first-order valence-electron chi connectivity index (χ1n) is 7.73. The number of rotatable bonds is 6. The van der Waals surface area contributed by atoms with E-state index in [0.29, 0.717) is 5.75 Å². The minimum absolute atomic E-state index is 0.00218. The van der Waals surface area contributed by atoms with Crippen molar-refractivity contribution in [2.45, 2.75) is 6.73 Å². The fourth-order valence-corrected chi connectivity index (χ4v) is 2.36. The molecule has 144 valence electrons. The number of anilines is 1. The Morgan fingerprint density at radius 2 is 2.11 bits per heavy atom. The van der Waals surface area contributed by atoms with Crippen LogP contribution < -0.4 is 10.1 Å². The molecule has 28 heavy (non-hydrogen) atoms. The van der Waals surface area contributed by atoms with Gasteiger partial charge >= 0.3 is 0 Å². The van der Waals surface area contributed by atoms with E-state index in [-0.39, 0.29) is 28.8 Å². The number of amides is 1. The molecule has 0 saturated carbocycles. The molecule has 1 amide bonds. The van der Waals surface area contributed by atoms with E-state index in [1.165, 1.54) is 35.1 Å². The van der Waals surface area contributed by atoms with E-state index < -0.39 is 22.4 Å². The van der Waals surface area contributed by atoms with E-state index in [1.54, 1.807) is 0 Å². The number of nitrogens with one attached hydrogen (secondary N) is 1. The number of aromatic hydroxyl groups is 1. The Morgan fingerprint density at radius 3 is 2.79 bits per heavy atom. The summed E-state index contributed by atoms with van der Waals surface area (Å²) >= 11 is 5.67. The second-order valence-electron chi connectivity index (χ2n) is 5.50. The molecule has 0 aliphatic rings. The second kappa shape index (κ2) is 7.92. The number of benzene rings is 2. The smallest absolute Gasteiger partial charge is 0.276 e. The third kappa shape index (κ3) is 4.35. The zero-order chi connectivity index (χ0) is 20.3. The molecular formula is C17H12ClFN4O5. The van der Waals surface area contributed by atoms with Gasteiger partial charge in [0.2, 0.25) is 0 Å². The standard InChI is InChI=1S/C17H12ClFN4O5/c18-12-8-11(2-3-13(12)19)28-9-22-6-5-15(21-22)17(25)20-14-4-1-10(23(26)27)7-16(14)24/h1-8,24H,9H2,(H,20,25). The van der Waals surface area contributed by atoms with Gasteiger partial charge in [-0.15, -0.1) is 0 Å². The summed E-state index contributed by atoms with van der Waals surface area (Å²) < 4.78 is 19.9. The Kier molecular flexibility index (Phi) is 5.41. The molecule has 0 fully saturated rings. The largest absolute Gasteiger partial charge is 0.506 e. The number of carbonyl (C=O) groups excluding carboxylic acids is 1. The molecule has 0 unspecified atom stereocenters. The molecule has 3 aromatic rings. The number of halogens is 2. The van der Waals surface area contributed by atoms with Crippen LogP contribution in [0.25, 0.3) is 0 Å². The van der Waals surface area contributed by atoms with Gasteiger partial charge in [-0.1, -0.05) is 11.6 Å². The normalized spacial score (nSPS) is 10.5. The summed E-state index contributed by atoms with van der Waals surface area (Å²) in [4.78, 5) is 22.2. The van der Waals surface area contributed by atoms with Crippen LogP contribution in [0.1, 0.15) is 10.5 Å². The summed E-state index contributed by atoms with van der Waals surface area (Å²) in [5.74, 6) is -1.32. The number of hydrogen-bond acceptors (Lipinski definition) is 6. The number of nitro groups is 1. The highest BCUT2D eigenvalue weighted by Crippen LogP contribution is 2.28. The minimum Gasteiger partial charge on any atom is -0.506 e. The highest BCUT2D eigenvalue weighted by Gasteiger charge is 2.15. The number of phenolic OH excluding ortho intramolecular Hbond substituents is 1. The Balaban J connectivity index is 1.63. The number of nitrogens with zero attached hydrogens (tertiary/aromatic N) is 3. The van der Waals surface area contributed by atoms with Gasteiger partial charge in [-0.2, -0.15) is 5.10 Å². The van der Waals surface area contributed by atoms with E-state index in [2.05, 4.69) is 10.4 Å². The second-order valence-corrected chi connectivity index (χ2v) is 5.91. The van der Waals surface area contributed by atoms with Crippen LogP contribution in [0, 0.1) is 15.9 Å². The van der Waals surface area contributed by atoms with Crippen molar-refractivity contribution in [1.82, 2.24) is 9.78 Å². The van der Waals surface area contributed by atoms with E-state index in [1.807, 2.05) is 0 Å². The van der Waals surface area contributed by atoms with Gasteiger partial charge in [0.15, 0.2) is 12.4 Å². The lowest BCUT2D eigenvalue weighted by atomic mass is 10.2. The van der Waals surface area contributed by atoms with Gasteiger partial charge in [-0.3, -0.25) is 14.9 Å². The maximum atomic E-state index is 13.1. The fourth-order valence-electron chi connectivity index (χ4n) is 2.19. The minimum atomic E-state index is -0.665. The van der Waals surface area contributed by atoms with Gasteiger partial charge in [0.05, 0.1) is 21.7 Å². The SMILES string of the molecule is O=C(Nc1ccc([N+](=O)[O-])cc1O)c1ccn(COc2ccc(F)c(Cl)c2)n1. The van der Waals surface area contributed by atoms with E-state index >= 15 is 0 Å². The van der Waals surface area contributed by atoms with Crippen molar-refractivity contribution < 1.29 is 24.0 Å². The molecule has 0 aliphatic heterocycles. The molecule has 1 heterocycles. The number of non-ortho nitro benzene ring substituents is 1. The van der Waals surface area contributed by atoms with Crippen LogP contribution in [-0.4, -0.2) is 25.7 Å². The predicted octanol–water partition coefficient (Wildman–Crippen LogP) is 3.58. The van der Waals surface area contributed by atoms with Crippen molar-refractivity contribution in [2.75, 3.05) is 5.32 Å². The van der Waals surface area contributed by atoms with Gasteiger partial charge in [-0.25, -0.2) is 9.07 Å². The molecule has 0 spiro atoms. The Hall–Kier alpha value is -3.66. The fraction of sp³-hybridized carbons (Fsp3) is 0.0588. The molecule has 1 aromatic heterocycles. The van der Waals surface area contributed by atoms with E-state index in [4.69, 9.17) is 16.3 Å². The number of aromatic nitrogens is 2. The van der Waals surface area contributed by atoms with Gasteiger partial charge in [0.1, 0.15) is 17.3 Å². The molecule has 0 radical (unpaired) electrons. The van der Waals surface area contributed by atoms with Gasteiger partial charge in [0.25, 0.3) is 11.6 Å². The van der Waals surface area contributed by atoms with Crippen LogP contribution in [0.4, 0.5) is 15.8 Å². The maximum absolute atomic E-state index is 13.1. The average Bonchev–Trinajstić information content (AvgIpc) is 3.13. The Bertz CT molecular complexity index is 1060. The number of hydrogen-bond donors (Lipinski definition) is 2. The van der Waals surface area contributed by atoms with Crippen LogP contribution in [0.3, 0.4) is 0 Å². The molecular weight excluding hydrogens is 395 g/mol. The molecule has 3 rings (SSSR count). The highest BCUT2D eigenvalue weighted by molar-refractivity contribution is 6.30. The number of carbonyl (C=O) groups is 1. The van der Waals surface area contributed by atoms with Crippen molar-refractivity contribution in [3.8, 4) is 11.5 Å². The quantitative estimate of drug-likeness (QED) is 0.367. The van der Waals surface area contributed by atoms with Crippen molar-refractivity contribution in [1.29, 1.82) is 0 Å². The highest BCUT2D eigenvalue weighted by atomic mass is 35.5. The Labute approximate surface area is 162 Å². The summed E-state index contributed by atoms with van der Waals surface area (Å²) in [6.45, 7) is -0.0575. The zero-order valence-corrected chi connectivity index (χ0v) is 14.8. The molecule has 2 aromatic carbocycles. The summed E-state index contributed by atoms with van der Waals surface area (Å²) in [6.07, 6.45) is 1.48. The summed E-state index contributed by atoms with van der Waals surface area (Å²) in [5.41, 5.74) is -0.279. The topological polar surface area (TPSA) is 120 Å². The lowest BCUT2D eigenvalue weighted by Crippen LogP contribution is -2.14. The Morgan fingerprint density at radius 1 is 1.32 bits per heavy atom. The number of ether oxygens (including phenoxy) is 1. The lowest BCUT2D eigenvalue weighted by Gasteiger charge is -2.07. The first-order chi connectivity index (χ1) is 13.3. The van der Waals surface area contributed by atoms with Crippen LogP contribution in [0.2, 0.25) is 5.02 Å². The molecule has 9 nitrogen and oxygen atoms in total. The number of phenols is 1. The molecule has 0 bridgehead atoms. The predicted molar refractivity (Wildman–Crippen MR) is 97.0 cm³/mol. The van der Waals surface area contributed by atoms with Gasteiger partial charge in [-0.05, 0) is 24.3 Å². The van der Waals surface area contributed by atoms with E-state index in [9.17, 15) is 24.4 Å². The van der Waals surface area contributed by atoms with Gasteiger partial charge < -0.3 is 15.2 Å². The monoisotopic (exact) mass is 406 g/mol. The van der Waals surface area contributed by atoms with Crippen molar-refractivity contribution >= 4 is 28.9 Å².